The smallest absolute Gasteiger partial charge is 0.355 e. The number of carbonyl (C=O) groups is 2. The van der Waals surface area contributed by atoms with Crippen molar-refractivity contribution in [1.29, 1.82) is 0 Å². The number of sulfonamides is 1. The molecule has 13 heteroatoms. The van der Waals surface area contributed by atoms with E-state index in [2.05, 4.69) is 21.2 Å². The maximum absolute atomic E-state index is 14.4. The number of nitrogens with one attached hydrogen (secondary N) is 1. The SMILES string of the molecule is CCNC(=O)[C@H](Cc1ccccc1)N(Cc1ccc(Br)cc1)C(=O)CN(c1cc(C(F)(F)F)ccc1Cl)S(=O)(=O)c1ccccc1. The molecular weight excluding hydrogens is 707 g/mol. The number of alkyl halides is 3. The molecule has 0 fully saturated rings. The monoisotopic (exact) mass is 735 g/mol. The number of amides is 2. The van der Waals surface area contributed by atoms with E-state index in [1.807, 2.05) is 0 Å². The maximum atomic E-state index is 14.4. The summed E-state index contributed by atoms with van der Waals surface area (Å²) in [5.74, 6) is -1.31. The Kier molecular flexibility index (Phi) is 11.5. The van der Waals surface area contributed by atoms with Crippen LogP contribution in [0.4, 0.5) is 18.9 Å². The lowest BCUT2D eigenvalue weighted by Gasteiger charge is -2.34. The van der Waals surface area contributed by atoms with Crippen molar-refractivity contribution in [2.45, 2.75) is 37.0 Å². The molecule has 0 aliphatic heterocycles. The van der Waals surface area contributed by atoms with Crippen molar-refractivity contribution in [3.8, 4) is 0 Å². The highest BCUT2D eigenvalue weighted by atomic mass is 79.9. The van der Waals surface area contributed by atoms with Gasteiger partial charge in [0.05, 0.1) is 21.2 Å². The molecule has 7 nitrogen and oxygen atoms in total. The van der Waals surface area contributed by atoms with Gasteiger partial charge in [-0.3, -0.25) is 13.9 Å². The summed E-state index contributed by atoms with van der Waals surface area (Å²) in [6.45, 7) is 0.941. The molecule has 0 saturated carbocycles. The van der Waals surface area contributed by atoms with E-state index in [1.165, 1.54) is 29.2 Å². The van der Waals surface area contributed by atoms with Gasteiger partial charge in [0.15, 0.2) is 0 Å². The summed E-state index contributed by atoms with van der Waals surface area (Å²) in [7, 11) is -4.63. The molecule has 2 amide bonds. The van der Waals surface area contributed by atoms with Crippen LogP contribution in [0.1, 0.15) is 23.6 Å². The van der Waals surface area contributed by atoms with Gasteiger partial charge in [-0.05, 0) is 60.5 Å². The third-order valence-electron chi connectivity index (χ3n) is 7.04. The molecule has 0 radical (unpaired) electrons. The van der Waals surface area contributed by atoms with Crippen LogP contribution < -0.4 is 9.62 Å². The number of hydrogen-bond acceptors (Lipinski definition) is 4. The zero-order chi connectivity index (χ0) is 33.5. The normalized spacial score (nSPS) is 12.3. The molecule has 242 valence electrons. The van der Waals surface area contributed by atoms with Gasteiger partial charge in [0, 0.05) is 24.0 Å². The van der Waals surface area contributed by atoms with Crippen LogP contribution in [0.3, 0.4) is 0 Å². The lowest BCUT2D eigenvalue weighted by atomic mass is 10.0. The minimum Gasteiger partial charge on any atom is -0.355 e. The highest BCUT2D eigenvalue weighted by molar-refractivity contribution is 9.10. The summed E-state index contributed by atoms with van der Waals surface area (Å²) in [6.07, 6.45) is -4.73. The van der Waals surface area contributed by atoms with Crippen molar-refractivity contribution in [2.24, 2.45) is 0 Å². The van der Waals surface area contributed by atoms with Gasteiger partial charge in [-0.25, -0.2) is 8.42 Å². The minimum atomic E-state index is -4.82. The lowest BCUT2D eigenvalue weighted by molar-refractivity contribution is -0.140. The first-order valence-electron chi connectivity index (χ1n) is 14.1. The molecular formula is C33H30BrClF3N3O4S. The van der Waals surface area contributed by atoms with Gasteiger partial charge < -0.3 is 10.2 Å². The average Bonchev–Trinajstić information content (AvgIpc) is 3.03. The van der Waals surface area contributed by atoms with E-state index in [1.54, 1.807) is 67.6 Å². The third-order valence-corrected chi connectivity index (χ3v) is 9.66. The number of halogens is 5. The second-order valence-corrected chi connectivity index (χ2v) is 13.4. The summed E-state index contributed by atoms with van der Waals surface area (Å²) in [5, 5.41) is 2.44. The summed E-state index contributed by atoms with van der Waals surface area (Å²) >= 11 is 9.71. The molecule has 0 spiro atoms. The van der Waals surface area contributed by atoms with E-state index in [-0.39, 0.29) is 29.4 Å². The molecule has 0 heterocycles. The van der Waals surface area contributed by atoms with E-state index in [0.29, 0.717) is 15.9 Å². The van der Waals surface area contributed by atoms with Crippen molar-refractivity contribution in [2.75, 3.05) is 17.4 Å². The number of carbonyl (C=O) groups excluding carboxylic acids is 2. The largest absolute Gasteiger partial charge is 0.416 e. The zero-order valence-corrected chi connectivity index (χ0v) is 27.7. The molecule has 0 bridgehead atoms. The number of likely N-dealkylation sites (N-methyl/N-ethyl adjacent to an activating group) is 1. The molecule has 0 unspecified atom stereocenters. The van der Waals surface area contributed by atoms with Crippen molar-refractivity contribution in [3.63, 3.8) is 0 Å². The van der Waals surface area contributed by atoms with Gasteiger partial charge in [0.1, 0.15) is 12.6 Å². The molecule has 1 atom stereocenters. The van der Waals surface area contributed by atoms with Crippen LogP contribution in [0.15, 0.2) is 112 Å². The van der Waals surface area contributed by atoms with Crippen molar-refractivity contribution < 1.29 is 31.2 Å². The average molecular weight is 737 g/mol. The standard InChI is InChI=1S/C33H30BrClF3N3O4S/c1-2-39-32(43)30(19-23-9-5-3-6-10-23)40(21-24-13-16-26(34)17-14-24)31(42)22-41(46(44,45)27-11-7-4-8-12-27)29-20-25(33(36,37)38)15-18-28(29)35/h3-18,20,30H,2,19,21-22H2,1H3,(H,39,43)/t30-/m0/s1. The quantitative estimate of drug-likeness (QED) is 0.168. The Hall–Kier alpha value is -3.87. The number of benzene rings is 4. The third kappa shape index (κ3) is 8.68. The fourth-order valence-electron chi connectivity index (χ4n) is 4.75. The van der Waals surface area contributed by atoms with E-state index in [9.17, 15) is 31.2 Å². The van der Waals surface area contributed by atoms with Gasteiger partial charge in [0.2, 0.25) is 11.8 Å². The number of hydrogen-bond donors (Lipinski definition) is 1. The van der Waals surface area contributed by atoms with Crippen LogP contribution in [0, 0.1) is 0 Å². The van der Waals surface area contributed by atoms with Crippen LogP contribution in [0.2, 0.25) is 5.02 Å². The Morgan fingerprint density at radius 1 is 0.891 bits per heavy atom. The van der Waals surface area contributed by atoms with Crippen LogP contribution in [0.5, 0.6) is 0 Å². The second kappa shape index (κ2) is 15.1. The molecule has 1 N–H and O–H groups in total. The van der Waals surface area contributed by atoms with Crippen molar-refractivity contribution in [3.05, 3.63) is 129 Å². The van der Waals surface area contributed by atoms with Gasteiger partial charge in [-0.2, -0.15) is 13.2 Å². The van der Waals surface area contributed by atoms with Crippen LogP contribution in [-0.2, 0) is 38.8 Å². The Labute approximate surface area is 279 Å². The Balaban J connectivity index is 1.86. The highest BCUT2D eigenvalue weighted by Crippen LogP contribution is 2.37. The van der Waals surface area contributed by atoms with Gasteiger partial charge in [-0.1, -0.05) is 88.2 Å². The summed E-state index contributed by atoms with van der Waals surface area (Å²) in [6, 6.07) is 24.1. The lowest BCUT2D eigenvalue weighted by Crippen LogP contribution is -2.53. The van der Waals surface area contributed by atoms with E-state index < -0.39 is 51.9 Å². The fourth-order valence-corrected chi connectivity index (χ4v) is 6.73. The van der Waals surface area contributed by atoms with Crippen molar-refractivity contribution >= 4 is 55.1 Å². The topological polar surface area (TPSA) is 86.8 Å². The molecule has 4 aromatic rings. The first kappa shape index (κ1) is 35.0. The summed E-state index contributed by atoms with van der Waals surface area (Å²) in [5.41, 5.74) is -0.311. The molecule has 0 saturated heterocycles. The van der Waals surface area contributed by atoms with Gasteiger partial charge in [0.25, 0.3) is 10.0 Å². The van der Waals surface area contributed by atoms with Gasteiger partial charge in [-0.15, -0.1) is 0 Å². The molecule has 4 rings (SSSR count). The Morgan fingerprint density at radius 2 is 1.50 bits per heavy atom. The number of anilines is 1. The second-order valence-electron chi connectivity index (χ2n) is 10.2. The van der Waals surface area contributed by atoms with Crippen molar-refractivity contribution in [1.82, 2.24) is 10.2 Å². The molecule has 0 aromatic heterocycles. The predicted molar refractivity (Wildman–Crippen MR) is 175 cm³/mol. The first-order valence-corrected chi connectivity index (χ1v) is 16.7. The van der Waals surface area contributed by atoms with E-state index >= 15 is 0 Å². The maximum Gasteiger partial charge on any atom is 0.416 e. The zero-order valence-electron chi connectivity index (χ0n) is 24.5. The van der Waals surface area contributed by atoms with Crippen LogP contribution >= 0.6 is 27.5 Å². The first-order chi connectivity index (χ1) is 21.8. The number of nitrogens with zero attached hydrogens (tertiary/aromatic N) is 2. The summed E-state index contributed by atoms with van der Waals surface area (Å²) < 4.78 is 70.7. The summed E-state index contributed by atoms with van der Waals surface area (Å²) in [4.78, 5) is 28.9. The number of rotatable bonds is 12. The van der Waals surface area contributed by atoms with Crippen LogP contribution in [0.25, 0.3) is 0 Å². The molecule has 0 aliphatic carbocycles. The van der Waals surface area contributed by atoms with E-state index in [0.717, 1.165) is 22.2 Å². The predicted octanol–water partition coefficient (Wildman–Crippen LogP) is 7.09. The van der Waals surface area contributed by atoms with Crippen LogP contribution in [-0.4, -0.2) is 44.3 Å². The Morgan fingerprint density at radius 3 is 2.09 bits per heavy atom. The highest BCUT2D eigenvalue weighted by Gasteiger charge is 2.37. The minimum absolute atomic E-state index is 0.0880. The molecule has 4 aromatic carbocycles. The van der Waals surface area contributed by atoms with Gasteiger partial charge >= 0.3 is 6.18 Å². The molecule has 0 aliphatic rings. The molecule has 46 heavy (non-hydrogen) atoms. The van der Waals surface area contributed by atoms with E-state index in [4.69, 9.17) is 11.6 Å². The fraction of sp³-hybridized carbons (Fsp3) is 0.212. The Bertz CT molecular complexity index is 1760.